The first-order valence-corrected chi connectivity index (χ1v) is 6.40. The van der Waals surface area contributed by atoms with Gasteiger partial charge in [0, 0.05) is 31.1 Å². The molecule has 7 heteroatoms. The van der Waals surface area contributed by atoms with E-state index in [0.29, 0.717) is 22.8 Å². The Morgan fingerprint density at radius 1 is 1.14 bits per heavy atom. The van der Waals surface area contributed by atoms with Gasteiger partial charge < -0.3 is 18.9 Å². The van der Waals surface area contributed by atoms with Crippen LogP contribution in [0.1, 0.15) is 10.5 Å². The van der Waals surface area contributed by atoms with Gasteiger partial charge in [0.05, 0.1) is 14.2 Å². The largest absolute Gasteiger partial charge is 0.497 e. The molecule has 0 bridgehead atoms. The quantitative estimate of drug-likeness (QED) is 0.595. The zero-order valence-electron chi connectivity index (χ0n) is 12.5. The summed E-state index contributed by atoms with van der Waals surface area (Å²) in [7, 11) is 4.36. The van der Waals surface area contributed by atoms with Crippen molar-refractivity contribution in [3.05, 3.63) is 36.3 Å². The third kappa shape index (κ3) is 3.32. The molecular weight excluding hydrogens is 288 g/mol. The molecule has 0 amide bonds. The van der Waals surface area contributed by atoms with Crippen molar-refractivity contribution in [2.24, 2.45) is 0 Å². The number of carbonyl (C=O) groups is 1. The molecule has 0 spiro atoms. The lowest BCUT2D eigenvalue weighted by atomic mass is 10.1. The summed E-state index contributed by atoms with van der Waals surface area (Å²) in [6, 6.07) is 5.16. The molecule has 0 radical (unpaired) electrons. The first kappa shape index (κ1) is 15.7. The maximum absolute atomic E-state index is 11.8. The van der Waals surface area contributed by atoms with Gasteiger partial charge in [-0.25, -0.2) is 9.78 Å². The molecule has 1 aromatic heterocycles. The molecule has 0 aliphatic heterocycles. The molecule has 0 aliphatic carbocycles. The van der Waals surface area contributed by atoms with Crippen molar-refractivity contribution in [3.8, 4) is 22.8 Å². The average Bonchev–Trinajstić information content (AvgIpc) is 2.59. The van der Waals surface area contributed by atoms with Crippen LogP contribution in [0.4, 0.5) is 0 Å². The minimum Gasteiger partial charge on any atom is -0.497 e. The Labute approximate surface area is 127 Å². The predicted octanol–water partition coefficient (Wildman–Crippen LogP) is 1.92. The fraction of sp³-hybridized carbons (Fsp3) is 0.267. The smallest absolute Gasteiger partial charge is 0.358 e. The van der Waals surface area contributed by atoms with Crippen LogP contribution in [0.25, 0.3) is 11.3 Å². The summed E-state index contributed by atoms with van der Waals surface area (Å²) in [4.78, 5) is 20.1. The van der Waals surface area contributed by atoms with Crippen molar-refractivity contribution in [1.82, 2.24) is 9.97 Å². The van der Waals surface area contributed by atoms with Crippen LogP contribution < -0.4 is 9.47 Å². The number of aromatic nitrogens is 2. The number of methoxy groups -OCH3 is 3. The minimum atomic E-state index is -0.573. The number of rotatable bonds is 6. The van der Waals surface area contributed by atoms with Crippen molar-refractivity contribution in [2.75, 3.05) is 28.1 Å². The van der Waals surface area contributed by atoms with Crippen LogP contribution in [-0.4, -0.2) is 44.1 Å². The van der Waals surface area contributed by atoms with E-state index in [1.54, 1.807) is 25.3 Å². The highest BCUT2D eigenvalue weighted by Crippen LogP contribution is 2.33. The molecule has 0 fully saturated rings. The molecule has 0 aliphatic rings. The maximum Gasteiger partial charge on any atom is 0.358 e. The van der Waals surface area contributed by atoms with Gasteiger partial charge in [-0.3, -0.25) is 4.98 Å². The fourth-order valence-electron chi connectivity index (χ4n) is 1.85. The molecule has 0 N–H and O–H groups in total. The predicted molar refractivity (Wildman–Crippen MR) is 77.9 cm³/mol. The lowest BCUT2D eigenvalue weighted by Gasteiger charge is -2.13. The van der Waals surface area contributed by atoms with E-state index in [-0.39, 0.29) is 12.5 Å². The average molecular weight is 304 g/mol. The summed E-state index contributed by atoms with van der Waals surface area (Å²) in [5.74, 6) is 0.502. The number of carbonyl (C=O) groups excluding carboxylic acids is 1. The molecule has 0 saturated carbocycles. The van der Waals surface area contributed by atoms with E-state index in [2.05, 4.69) is 9.97 Å². The van der Waals surface area contributed by atoms with Crippen LogP contribution >= 0.6 is 0 Å². The number of esters is 1. The van der Waals surface area contributed by atoms with E-state index >= 15 is 0 Å². The van der Waals surface area contributed by atoms with Crippen molar-refractivity contribution in [3.63, 3.8) is 0 Å². The molecule has 7 nitrogen and oxygen atoms in total. The van der Waals surface area contributed by atoms with Gasteiger partial charge >= 0.3 is 5.97 Å². The topological polar surface area (TPSA) is 79.8 Å². The second kappa shape index (κ2) is 7.37. The van der Waals surface area contributed by atoms with E-state index in [4.69, 9.17) is 18.9 Å². The van der Waals surface area contributed by atoms with Gasteiger partial charge in [0.2, 0.25) is 0 Å². The van der Waals surface area contributed by atoms with Gasteiger partial charge in [0.25, 0.3) is 0 Å². The molecule has 0 atom stereocenters. The number of hydrogen-bond donors (Lipinski definition) is 0. The summed E-state index contributed by atoms with van der Waals surface area (Å²) in [5, 5.41) is 0. The second-order valence-electron chi connectivity index (χ2n) is 4.16. The van der Waals surface area contributed by atoms with Crippen molar-refractivity contribution in [1.29, 1.82) is 0 Å². The van der Waals surface area contributed by atoms with Crippen LogP contribution in [0.3, 0.4) is 0 Å². The molecular formula is C15H16N2O5. The van der Waals surface area contributed by atoms with Crippen LogP contribution in [0.5, 0.6) is 11.5 Å². The Hall–Kier alpha value is -2.67. The molecule has 22 heavy (non-hydrogen) atoms. The Morgan fingerprint density at radius 3 is 2.59 bits per heavy atom. The Balaban J connectivity index is 2.54. The molecule has 0 unspecified atom stereocenters. The second-order valence-corrected chi connectivity index (χ2v) is 4.16. The third-order valence-electron chi connectivity index (χ3n) is 2.85. The van der Waals surface area contributed by atoms with Crippen LogP contribution in [0, 0.1) is 0 Å². The molecule has 116 valence electrons. The first-order valence-electron chi connectivity index (χ1n) is 6.40. The van der Waals surface area contributed by atoms with Gasteiger partial charge in [-0.1, -0.05) is 0 Å². The molecule has 0 saturated heterocycles. The number of ether oxygens (including phenoxy) is 4. The van der Waals surface area contributed by atoms with Crippen molar-refractivity contribution < 1.29 is 23.7 Å². The van der Waals surface area contributed by atoms with E-state index in [1.165, 1.54) is 26.6 Å². The maximum atomic E-state index is 11.8. The van der Waals surface area contributed by atoms with E-state index in [9.17, 15) is 4.79 Å². The fourth-order valence-corrected chi connectivity index (χ4v) is 1.85. The number of benzene rings is 1. The molecule has 2 aromatic rings. The summed E-state index contributed by atoms with van der Waals surface area (Å²) in [6.45, 7) is 0.0496. The van der Waals surface area contributed by atoms with Gasteiger partial charge in [-0.05, 0) is 12.1 Å². The lowest BCUT2D eigenvalue weighted by molar-refractivity contribution is 0.0514. The molecule has 1 aromatic carbocycles. The van der Waals surface area contributed by atoms with Gasteiger partial charge in [0.1, 0.15) is 17.2 Å². The van der Waals surface area contributed by atoms with Crippen LogP contribution in [-0.2, 0) is 9.47 Å². The summed E-state index contributed by atoms with van der Waals surface area (Å²) in [6.07, 6.45) is 2.92. The monoisotopic (exact) mass is 304 g/mol. The van der Waals surface area contributed by atoms with Gasteiger partial charge in [-0.2, -0.15) is 0 Å². The van der Waals surface area contributed by atoms with Crippen molar-refractivity contribution in [2.45, 2.75) is 0 Å². The third-order valence-corrected chi connectivity index (χ3v) is 2.85. The van der Waals surface area contributed by atoms with E-state index in [0.717, 1.165) is 0 Å². The number of hydrogen-bond acceptors (Lipinski definition) is 7. The minimum absolute atomic E-state index is 0.0496. The van der Waals surface area contributed by atoms with Crippen LogP contribution in [0.2, 0.25) is 0 Å². The van der Waals surface area contributed by atoms with Gasteiger partial charge in [0.15, 0.2) is 12.5 Å². The summed E-state index contributed by atoms with van der Waals surface area (Å²) in [5.41, 5.74) is 1.06. The molecule has 1 heterocycles. The first-order chi connectivity index (χ1) is 10.7. The molecule has 2 rings (SSSR count). The SMILES string of the molecule is COCOc1cc(OC)ccc1-c1nccnc1C(=O)OC. The Bertz CT molecular complexity index is 660. The Kier molecular flexibility index (Phi) is 5.26. The van der Waals surface area contributed by atoms with Gasteiger partial charge in [-0.15, -0.1) is 0 Å². The Morgan fingerprint density at radius 2 is 1.91 bits per heavy atom. The highest BCUT2D eigenvalue weighted by molar-refractivity contribution is 5.94. The highest BCUT2D eigenvalue weighted by atomic mass is 16.7. The van der Waals surface area contributed by atoms with Crippen molar-refractivity contribution >= 4 is 5.97 Å². The lowest BCUT2D eigenvalue weighted by Crippen LogP contribution is -2.09. The highest BCUT2D eigenvalue weighted by Gasteiger charge is 2.19. The standard InChI is InChI=1S/C15H16N2O5/c1-19-9-22-12-8-10(20-2)4-5-11(12)13-14(15(18)21-3)17-7-6-16-13/h4-8H,9H2,1-3H3. The zero-order chi connectivity index (χ0) is 15.9. The summed E-state index contributed by atoms with van der Waals surface area (Å²) < 4.78 is 20.4. The van der Waals surface area contributed by atoms with E-state index < -0.39 is 5.97 Å². The van der Waals surface area contributed by atoms with Crippen LogP contribution in [0.15, 0.2) is 30.6 Å². The normalized spacial score (nSPS) is 10.1. The van der Waals surface area contributed by atoms with E-state index in [1.807, 2.05) is 0 Å². The number of nitrogens with zero attached hydrogens (tertiary/aromatic N) is 2. The summed E-state index contributed by atoms with van der Waals surface area (Å²) >= 11 is 0. The zero-order valence-corrected chi connectivity index (χ0v) is 12.5.